The lowest BCUT2D eigenvalue weighted by atomic mass is 10.2. The number of carbonyl (C=O) groups is 1. The number of halogens is 1. The third-order valence-electron chi connectivity index (χ3n) is 4.36. The molecule has 1 aliphatic rings. The summed E-state index contributed by atoms with van der Waals surface area (Å²) in [5, 5.41) is 0.690. The van der Waals surface area contributed by atoms with Crippen LogP contribution in [0, 0.1) is 0 Å². The van der Waals surface area contributed by atoms with Crippen LogP contribution in [0.25, 0.3) is 0 Å². The lowest BCUT2D eigenvalue weighted by Gasteiger charge is -2.34. The minimum Gasteiger partial charge on any atom is -0.339 e. The Morgan fingerprint density at radius 2 is 1.70 bits per heavy atom. The van der Waals surface area contributed by atoms with Crippen LogP contribution in [0.4, 0.5) is 0 Å². The molecule has 0 radical (unpaired) electrons. The molecule has 1 fully saturated rings. The van der Waals surface area contributed by atoms with Crippen LogP contribution in [0.2, 0.25) is 5.02 Å². The molecule has 8 heteroatoms. The van der Waals surface area contributed by atoms with Crippen LogP contribution in [0.1, 0.15) is 5.56 Å². The van der Waals surface area contributed by atoms with Gasteiger partial charge in [-0.2, -0.15) is 4.31 Å². The van der Waals surface area contributed by atoms with Gasteiger partial charge in [0.15, 0.2) is 0 Å². The first-order valence-electron chi connectivity index (χ1n) is 8.62. The number of carbonyl (C=O) groups excluding carboxylic acids is 1. The van der Waals surface area contributed by atoms with Gasteiger partial charge in [0.1, 0.15) is 0 Å². The van der Waals surface area contributed by atoms with Crippen LogP contribution in [-0.2, 0) is 20.6 Å². The fourth-order valence-electron chi connectivity index (χ4n) is 2.89. The minimum atomic E-state index is -3.49. The topological polar surface area (TPSA) is 57.7 Å². The summed E-state index contributed by atoms with van der Waals surface area (Å²) in [6, 6.07) is 16.0. The molecule has 1 heterocycles. The summed E-state index contributed by atoms with van der Waals surface area (Å²) in [6.07, 6.45) is 0. The zero-order valence-electron chi connectivity index (χ0n) is 14.8. The second-order valence-corrected chi connectivity index (χ2v) is 9.58. The number of thioether (sulfide) groups is 1. The van der Waals surface area contributed by atoms with Gasteiger partial charge in [0.05, 0.1) is 10.6 Å². The van der Waals surface area contributed by atoms with E-state index < -0.39 is 10.0 Å². The van der Waals surface area contributed by atoms with Crippen molar-refractivity contribution in [3.63, 3.8) is 0 Å². The number of hydrogen-bond donors (Lipinski definition) is 0. The number of piperazine rings is 1. The molecule has 0 unspecified atom stereocenters. The Kier molecular flexibility index (Phi) is 6.81. The fourth-order valence-corrected chi connectivity index (χ4v) is 5.42. The largest absolute Gasteiger partial charge is 0.339 e. The molecule has 27 heavy (non-hydrogen) atoms. The van der Waals surface area contributed by atoms with E-state index in [9.17, 15) is 13.2 Å². The van der Waals surface area contributed by atoms with Crippen molar-refractivity contribution in [2.45, 2.75) is 10.6 Å². The van der Waals surface area contributed by atoms with Crippen LogP contribution < -0.4 is 0 Å². The molecule has 0 saturated carbocycles. The number of nitrogens with zero attached hydrogens (tertiary/aromatic N) is 2. The zero-order chi connectivity index (χ0) is 19.3. The van der Waals surface area contributed by atoms with Gasteiger partial charge in [-0.1, -0.05) is 41.9 Å². The molecule has 0 aliphatic carbocycles. The van der Waals surface area contributed by atoms with Crippen molar-refractivity contribution in [3.8, 4) is 0 Å². The Morgan fingerprint density at radius 3 is 2.37 bits per heavy atom. The predicted octanol–water partition coefficient (Wildman–Crippen LogP) is 3.11. The summed E-state index contributed by atoms with van der Waals surface area (Å²) in [5.74, 6) is 1.13. The molecule has 3 rings (SSSR count). The summed E-state index contributed by atoms with van der Waals surface area (Å²) < 4.78 is 26.7. The average Bonchev–Trinajstić information content (AvgIpc) is 2.69. The van der Waals surface area contributed by atoms with Gasteiger partial charge in [0.2, 0.25) is 15.9 Å². The van der Waals surface area contributed by atoms with Crippen molar-refractivity contribution < 1.29 is 13.2 Å². The highest BCUT2D eigenvalue weighted by atomic mass is 35.5. The van der Waals surface area contributed by atoms with Gasteiger partial charge < -0.3 is 4.90 Å². The summed E-state index contributed by atoms with van der Waals surface area (Å²) in [5.41, 5.74) is 1.08. The van der Waals surface area contributed by atoms with E-state index in [0.717, 1.165) is 5.56 Å². The summed E-state index contributed by atoms with van der Waals surface area (Å²) >= 11 is 7.50. The average molecular weight is 425 g/mol. The number of hydrogen-bond acceptors (Lipinski definition) is 4. The third-order valence-corrected chi connectivity index (χ3v) is 7.49. The van der Waals surface area contributed by atoms with Gasteiger partial charge in [-0.15, -0.1) is 11.8 Å². The van der Waals surface area contributed by atoms with E-state index in [4.69, 9.17) is 11.6 Å². The van der Waals surface area contributed by atoms with E-state index in [1.807, 2.05) is 24.3 Å². The summed E-state index contributed by atoms with van der Waals surface area (Å²) in [4.78, 5) is 14.4. The molecule has 2 aromatic rings. The van der Waals surface area contributed by atoms with E-state index in [0.29, 0.717) is 47.6 Å². The van der Waals surface area contributed by atoms with Crippen LogP contribution in [0.5, 0.6) is 0 Å². The first-order valence-corrected chi connectivity index (χ1v) is 11.6. The first-order chi connectivity index (χ1) is 13.0. The van der Waals surface area contributed by atoms with Crippen molar-refractivity contribution in [1.29, 1.82) is 0 Å². The lowest BCUT2D eigenvalue weighted by molar-refractivity contribution is -0.129. The summed E-state index contributed by atoms with van der Waals surface area (Å²) in [7, 11) is -3.49. The Hall–Kier alpha value is -1.54. The molecule has 2 aromatic carbocycles. The molecular formula is C19H21ClN2O3S2. The number of rotatable bonds is 6. The van der Waals surface area contributed by atoms with Crippen LogP contribution in [0.3, 0.4) is 0 Å². The maximum atomic E-state index is 12.6. The molecule has 1 amide bonds. The van der Waals surface area contributed by atoms with Gasteiger partial charge in [-0.3, -0.25) is 4.79 Å². The van der Waals surface area contributed by atoms with Crippen molar-refractivity contribution >= 4 is 39.3 Å². The standard InChI is InChI=1S/C19H21ClN2O3S2/c20-17-6-4-5-16(13-17)14-26-15-19(23)21-9-11-22(12-10-21)27(24,25)18-7-2-1-3-8-18/h1-8,13H,9-12,14-15H2. The van der Waals surface area contributed by atoms with E-state index in [-0.39, 0.29) is 5.91 Å². The maximum Gasteiger partial charge on any atom is 0.243 e. The molecule has 1 aliphatic heterocycles. The van der Waals surface area contributed by atoms with Crippen molar-refractivity contribution in [1.82, 2.24) is 9.21 Å². The highest BCUT2D eigenvalue weighted by Crippen LogP contribution is 2.19. The van der Waals surface area contributed by atoms with Crippen molar-refractivity contribution in [2.75, 3.05) is 31.9 Å². The molecule has 1 saturated heterocycles. The predicted molar refractivity (Wildman–Crippen MR) is 109 cm³/mol. The monoisotopic (exact) mass is 424 g/mol. The zero-order valence-corrected chi connectivity index (χ0v) is 17.1. The molecule has 0 bridgehead atoms. The highest BCUT2D eigenvalue weighted by Gasteiger charge is 2.29. The molecule has 144 valence electrons. The molecule has 0 spiro atoms. The van der Waals surface area contributed by atoms with Gasteiger partial charge >= 0.3 is 0 Å². The molecule has 5 nitrogen and oxygen atoms in total. The van der Waals surface area contributed by atoms with Crippen molar-refractivity contribution in [2.24, 2.45) is 0 Å². The van der Waals surface area contributed by atoms with Gasteiger partial charge in [0.25, 0.3) is 0 Å². The van der Waals surface area contributed by atoms with Gasteiger partial charge in [0, 0.05) is 37.0 Å². The van der Waals surface area contributed by atoms with Crippen molar-refractivity contribution in [3.05, 3.63) is 65.2 Å². The van der Waals surface area contributed by atoms with Crippen LogP contribution >= 0.6 is 23.4 Å². The number of sulfonamides is 1. The Labute approximate surface area is 169 Å². The second kappa shape index (κ2) is 9.10. The smallest absolute Gasteiger partial charge is 0.243 e. The Balaban J connectivity index is 1.48. The Bertz CT molecular complexity index is 883. The molecular weight excluding hydrogens is 404 g/mol. The van der Waals surface area contributed by atoms with Crippen LogP contribution in [-0.4, -0.2) is 55.5 Å². The SMILES string of the molecule is O=C(CSCc1cccc(Cl)c1)N1CCN(S(=O)(=O)c2ccccc2)CC1. The maximum absolute atomic E-state index is 12.6. The van der Waals surface area contributed by atoms with Gasteiger partial charge in [-0.05, 0) is 29.8 Å². The van der Waals surface area contributed by atoms with E-state index in [1.165, 1.54) is 16.1 Å². The quantitative estimate of drug-likeness (QED) is 0.714. The molecule has 0 N–H and O–H groups in total. The molecule has 0 aromatic heterocycles. The first kappa shape index (κ1) is 20.2. The number of amides is 1. The fraction of sp³-hybridized carbons (Fsp3) is 0.316. The van der Waals surface area contributed by atoms with E-state index in [1.54, 1.807) is 35.2 Å². The second-order valence-electron chi connectivity index (χ2n) is 6.22. The Morgan fingerprint density at radius 1 is 1.00 bits per heavy atom. The van der Waals surface area contributed by atoms with E-state index in [2.05, 4.69) is 0 Å². The third kappa shape index (κ3) is 5.25. The molecule has 0 atom stereocenters. The van der Waals surface area contributed by atoms with Gasteiger partial charge in [-0.25, -0.2) is 8.42 Å². The lowest BCUT2D eigenvalue weighted by Crippen LogP contribution is -2.50. The number of benzene rings is 2. The minimum absolute atomic E-state index is 0.0405. The van der Waals surface area contributed by atoms with Crippen LogP contribution in [0.15, 0.2) is 59.5 Å². The highest BCUT2D eigenvalue weighted by molar-refractivity contribution is 7.99. The summed E-state index contributed by atoms with van der Waals surface area (Å²) in [6.45, 7) is 1.48. The van der Waals surface area contributed by atoms with E-state index >= 15 is 0 Å². The normalized spacial score (nSPS) is 15.7.